The lowest BCUT2D eigenvalue weighted by atomic mass is 10.1. The SMILES string of the molecule is CCCCCC1C=CC(=C=O)S1. The molecule has 1 nitrogen and oxygen atoms in total. The van der Waals surface area contributed by atoms with Crippen LogP contribution in [0.25, 0.3) is 0 Å². The lowest BCUT2D eigenvalue weighted by Crippen LogP contribution is -1.93. The Hall–Kier alpha value is -0.460. The van der Waals surface area contributed by atoms with E-state index >= 15 is 0 Å². The number of carbonyl (C=O) groups excluding carboxylic acids is 1. The number of allylic oxidation sites excluding steroid dienone is 1. The van der Waals surface area contributed by atoms with E-state index in [1.54, 1.807) is 11.8 Å². The Morgan fingerprint density at radius 2 is 2.42 bits per heavy atom. The second-order valence-electron chi connectivity index (χ2n) is 2.98. The summed E-state index contributed by atoms with van der Waals surface area (Å²) in [6, 6.07) is 0. The molecule has 1 atom stereocenters. The van der Waals surface area contributed by atoms with Crippen molar-refractivity contribution < 1.29 is 4.79 Å². The van der Waals surface area contributed by atoms with Crippen LogP contribution in [0.5, 0.6) is 0 Å². The van der Waals surface area contributed by atoms with Gasteiger partial charge in [-0.3, -0.25) is 0 Å². The van der Waals surface area contributed by atoms with Crippen LogP contribution < -0.4 is 0 Å². The summed E-state index contributed by atoms with van der Waals surface area (Å²) in [5.41, 5.74) is 0. The van der Waals surface area contributed by atoms with Gasteiger partial charge in [0.25, 0.3) is 0 Å². The standard InChI is InChI=1S/C10H14OS/c1-2-3-4-5-9-6-7-10(8-11)12-9/h6-7,9H,2-5H2,1H3. The predicted molar refractivity (Wildman–Crippen MR) is 53.9 cm³/mol. The summed E-state index contributed by atoms with van der Waals surface area (Å²) in [5, 5.41) is 0.535. The molecule has 12 heavy (non-hydrogen) atoms. The third-order valence-corrected chi connectivity index (χ3v) is 3.10. The van der Waals surface area contributed by atoms with Gasteiger partial charge in [-0.1, -0.05) is 32.3 Å². The minimum atomic E-state index is 0.535. The number of hydrogen-bond acceptors (Lipinski definition) is 2. The molecule has 66 valence electrons. The first-order chi connectivity index (χ1) is 5.86. The molecule has 0 saturated carbocycles. The highest BCUT2D eigenvalue weighted by Crippen LogP contribution is 2.31. The Morgan fingerprint density at radius 3 is 3.00 bits per heavy atom. The van der Waals surface area contributed by atoms with Crippen LogP contribution >= 0.6 is 11.8 Å². The molecule has 1 unspecified atom stereocenters. The number of rotatable bonds is 4. The van der Waals surface area contributed by atoms with E-state index in [4.69, 9.17) is 0 Å². The maximum atomic E-state index is 10.2. The molecule has 0 aromatic carbocycles. The van der Waals surface area contributed by atoms with Crippen molar-refractivity contribution in [1.82, 2.24) is 0 Å². The van der Waals surface area contributed by atoms with Gasteiger partial charge in [-0.05, 0) is 12.5 Å². The number of unbranched alkanes of at least 4 members (excludes halogenated alkanes) is 2. The van der Waals surface area contributed by atoms with Gasteiger partial charge in [0, 0.05) is 5.25 Å². The highest BCUT2D eigenvalue weighted by Gasteiger charge is 2.13. The Morgan fingerprint density at radius 1 is 1.58 bits per heavy atom. The van der Waals surface area contributed by atoms with E-state index in [1.165, 1.54) is 25.7 Å². The summed E-state index contributed by atoms with van der Waals surface area (Å²) in [5.74, 6) is 1.93. The lowest BCUT2D eigenvalue weighted by Gasteiger charge is -2.04. The molecular formula is C10H14OS. The van der Waals surface area contributed by atoms with E-state index in [2.05, 4.69) is 13.0 Å². The zero-order valence-corrected chi connectivity index (χ0v) is 8.19. The van der Waals surface area contributed by atoms with Crippen LogP contribution in [0.3, 0.4) is 0 Å². The average Bonchev–Trinajstić information content (AvgIpc) is 2.53. The fraction of sp³-hybridized carbons (Fsp3) is 0.600. The van der Waals surface area contributed by atoms with Gasteiger partial charge in [-0.25, -0.2) is 4.79 Å². The molecule has 0 fully saturated rings. The van der Waals surface area contributed by atoms with E-state index in [0.717, 1.165) is 4.91 Å². The molecule has 1 heterocycles. The number of thioether (sulfide) groups is 1. The summed E-state index contributed by atoms with van der Waals surface area (Å²) in [6.07, 6.45) is 9.02. The second kappa shape index (κ2) is 5.23. The fourth-order valence-corrected chi connectivity index (χ4v) is 2.22. The molecule has 0 aromatic rings. The Labute approximate surface area is 77.9 Å². The zero-order valence-electron chi connectivity index (χ0n) is 7.38. The van der Waals surface area contributed by atoms with Crippen LogP contribution in [0.1, 0.15) is 32.6 Å². The first-order valence-corrected chi connectivity index (χ1v) is 5.34. The van der Waals surface area contributed by atoms with E-state index in [1.807, 2.05) is 12.0 Å². The van der Waals surface area contributed by atoms with Gasteiger partial charge in [0.1, 0.15) is 5.94 Å². The molecule has 0 amide bonds. The molecule has 1 aliphatic rings. The fourth-order valence-electron chi connectivity index (χ4n) is 1.25. The van der Waals surface area contributed by atoms with Crippen molar-refractivity contribution in [3.63, 3.8) is 0 Å². The summed E-state index contributed by atoms with van der Waals surface area (Å²) in [4.78, 5) is 11.0. The van der Waals surface area contributed by atoms with Gasteiger partial charge in [0.15, 0.2) is 0 Å². The topological polar surface area (TPSA) is 17.1 Å². The first kappa shape index (κ1) is 9.63. The molecule has 1 rings (SSSR count). The van der Waals surface area contributed by atoms with Crippen LogP contribution in [0.2, 0.25) is 0 Å². The largest absolute Gasteiger partial charge is 0.232 e. The van der Waals surface area contributed by atoms with Crippen LogP contribution in [0.4, 0.5) is 0 Å². The maximum Gasteiger partial charge on any atom is 0.139 e. The van der Waals surface area contributed by atoms with Crippen molar-refractivity contribution >= 4 is 17.7 Å². The third kappa shape index (κ3) is 2.88. The molecule has 2 heteroatoms. The quantitative estimate of drug-likeness (QED) is 0.491. The molecule has 0 bridgehead atoms. The Bertz CT molecular complexity index is 214. The Balaban J connectivity index is 2.21. The highest BCUT2D eigenvalue weighted by molar-refractivity contribution is 8.04. The van der Waals surface area contributed by atoms with Gasteiger partial charge in [-0.2, -0.15) is 0 Å². The first-order valence-electron chi connectivity index (χ1n) is 4.46. The van der Waals surface area contributed by atoms with Gasteiger partial charge in [0.05, 0.1) is 4.91 Å². The van der Waals surface area contributed by atoms with Crippen molar-refractivity contribution in [2.45, 2.75) is 37.9 Å². The normalized spacial score (nSPS) is 21.4. The molecular weight excluding hydrogens is 168 g/mol. The predicted octanol–water partition coefficient (Wildman–Crippen LogP) is 2.95. The van der Waals surface area contributed by atoms with E-state index in [-0.39, 0.29) is 0 Å². The molecule has 0 saturated heterocycles. The Kier molecular flexibility index (Phi) is 4.20. The van der Waals surface area contributed by atoms with E-state index in [0.29, 0.717) is 5.25 Å². The van der Waals surface area contributed by atoms with Crippen molar-refractivity contribution in [1.29, 1.82) is 0 Å². The van der Waals surface area contributed by atoms with Crippen LogP contribution in [-0.2, 0) is 4.79 Å². The third-order valence-electron chi connectivity index (χ3n) is 1.93. The van der Waals surface area contributed by atoms with Gasteiger partial charge in [-0.15, -0.1) is 11.8 Å². The molecule has 0 spiro atoms. The van der Waals surface area contributed by atoms with Gasteiger partial charge >= 0.3 is 0 Å². The molecule has 0 N–H and O–H groups in total. The van der Waals surface area contributed by atoms with E-state index in [9.17, 15) is 4.79 Å². The summed E-state index contributed by atoms with van der Waals surface area (Å²) in [7, 11) is 0. The van der Waals surface area contributed by atoms with Gasteiger partial charge in [0.2, 0.25) is 0 Å². The zero-order chi connectivity index (χ0) is 8.81. The molecule has 0 aliphatic carbocycles. The van der Waals surface area contributed by atoms with Crippen molar-refractivity contribution in [3.05, 3.63) is 17.1 Å². The highest BCUT2D eigenvalue weighted by atomic mass is 32.2. The summed E-state index contributed by atoms with van der Waals surface area (Å²) in [6.45, 7) is 2.20. The maximum absolute atomic E-state index is 10.2. The minimum absolute atomic E-state index is 0.535. The average molecular weight is 182 g/mol. The minimum Gasteiger partial charge on any atom is -0.232 e. The van der Waals surface area contributed by atoms with Crippen molar-refractivity contribution in [2.24, 2.45) is 0 Å². The van der Waals surface area contributed by atoms with Crippen molar-refractivity contribution in [3.8, 4) is 0 Å². The smallest absolute Gasteiger partial charge is 0.139 e. The summed E-state index contributed by atoms with van der Waals surface area (Å²) >= 11 is 1.64. The molecule has 1 aliphatic heterocycles. The molecule has 0 aromatic heterocycles. The van der Waals surface area contributed by atoms with E-state index < -0.39 is 0 Å². The van der Waals surface area contributed by atoms with Crippen molar-refractivity contribution in [2.75, 3.05) is 0 Å². The lowest BCUT2D eigenvalue weighted by molar-refractivity contribution is 0.568. The molecule has 0 radical (unpaired) electrons. The number of hydrogen-bond donors (Lipinski definition) is 0. The second-order valence-corrected chi connectivity index (χ2v) is 4.26. The van der Waals surface area contributed by atoms with Gasteiger partial charge < -0.3 is 0 Å². The van der Waals surface area contributed by atoms with Crippen LogP contribution in [-0.4, -0.2) is 11.2 Å². The monoisotopic (exact) mass is 182 g/mol. The summed E-state index contributed by atoms with van der Waals surface area (Å²) < 4.78 is 0. The van der Waals surface area contributed by atoms with Crippen LogP contribution in [0, 0.1) is 0 Å². The van der Waals surface area contributed by atoms with Crippen LogP contribution in [0.15, 0.2) is 17.1 Å².